The number of fused-ring (bicyclic) bond motifs is 3. The number of hydrogen-bond donors (Lipinski definition) is 1. The lowest BCUT2D eigenvalue weighted by Crippen LogP contribution is -2.65. The van der Waals surface area contributed by atoms with Crippen LogP contribution in [0.1, 0.15) is 61.1 Å². The quantitative estimate of drug-likeness (QED) is 0.601. The molecule has 5 rings (SSSR count). The van der Waals surface area contributed by atoms with Crippen molar-refractivity contribution in [1.82, 2.24) is 14.8 Å². The van der Waals surface area contributed by atoms with Gasteiger partial charge in [0.05, 0.1) is 16.8 Å². The maximum atomic E-state index is 13.8. The molecule has 1 aliphatic heterocycles. The highest BCUT2D eigenvalue weighted by molar-refractivity contribution is 7.17. The van der Waals surface area contributed by atoms with Gasteiger partial charge in [-0.15, -0.1) is 11.3 Å². The summed E-state index contributed by atoms with van der Waals surface area (Å²) in [6.45, 7) is 7.10. The third-order valence-corrected chi connectivity index (χ3v) is 8.28. The number of carbonyl (C=O) groups is 2. The summed E-state index contributed by atoms with van der Waals surface area (Å²) >= 11 is 1.63. The van der Waals surface area contributed by atoms with Gasteiger partial charge in [0.2, 0.25) is 5.91 Å². The monoisotopic (exact) mass is 449 g/mol. The molecular formula is C26H31N3O2S. The van der Waals surface area contributed by atoms with E-state index >= 15 is 0 Å². The van der Waals surface area contributed by atoms with Crippen molar-refractivity contribution in [1.29, 1.82) is 0 Å². The highest BCUT2D eigenvalue weighted by Crippen LogP contribution is 2.36. The molecule has 0 unspecified atom stereocenters. The number of rotatable bonds is 4. The first-order chi connectivity index (χ1) is 15.4. The van der Waals surface area contributed by atoms with Crippen LogP contribution < -0.4 is 5.32 Å². The first-order valence-electron chi connectivity index (χ1n) is 11.6. The summed E-state index contributed by atoms with van der Waals surface area (Å²) in [7, 11) is 0. The van der Waals surface area contributed by atoms with Crippen molar-refractivity contribution in [3.8, 4) is 0 Å². The van der Waals surface area contributed by atoms with E-state index in [0.717, 1.165) is 35.0 Å². The van der Waals surface area contributed by atoms with Crippen LogP contribution in [0, 0.1) is 12.8 Å². The van der Waals surface area contributed by atoms with Gasteiger partial charge >= 0.3 is 0 Å². The number of nitrogens with zero attached hydrogens (tertiary/aromatic N) is 2. The minimum Gasteiger partial charge on any atom is -0.351 e. The third kappa shape index (κ3) is 3.54. The van der Waals surface area contributed by atoms with Crippen LogP contribution in [0.4, 0.5) is 0 Å². The van der Waals surface area contributed by atoms with E-state index in [1.54, 1.807) is 16.2 Å². The van der Waals surface area contributed by atoms with E-state index < -0.39 is 5.54 Å². The molecule has 3 atom stereocenters. The van der Waals surface area contributed by atoms with Crippen LogP contribution >= 0.6 is 11.3 Å². The van der Waals surface area contributed by atoms with Crippen molar-refractivity contribution >= 4 is 33.4 Å². The van der Waals surface area contributed by atoms with Gasteiger partial charge in [-0.25, -0.2) is 0 Å². The Morgan fingerprint density at radius 1 is 1.19 bits per heavy atom. The predicted octanol–water partition coefficient (Wildman–Crippen LogP) is 5.12. The molecule has 3 heterocycles. The minimum atomic E-state index is -0.958. The molecule has 0 spiro atoms. The molecule has 0 bridgehead atoms. The fourth-order valence-corrected chi connectivity index (χ4v) is 6.07. The van der Waals surface area contributed by atoms with Gasteiger partial charge in [0.1, 0.15) is 11.2 Å². The van der Waals surface area contributed by atoms with Crippen LogP contribution in [0.2, 0.25) is 0 Å². The second kappa shape index (κ2) is 8.07. The molecule has 1 aliphatic carbocycles. The number of nitrogens with one attached hydrogen (secondary N) is 1. The van der Waals surface area contributed by atoms with Crippen LogP contribution in [0.5, 0.6) is 0 Å². The second-order valence-corrected chi connectivity index (χ2v) is 10.7. The van der Waals surface area contributed by atoms with Crippen molar-refractivity contribution < 1.29 is 9.59 Å². The molecule has 3 aromatic rings. The topological polar surface area (TPSA) is 54.3 Å². The SMILES string of the molecule is Cc1ccc(CN2C(=O)c3cc4sccc4n3C[C@]2(C)C(=O)N[C@@H]2CCCC[C@H]2C)cc1. The summed E-state index contributed by atoms with van der Waals surface area (Å²) in [5, 5.41) is 5.39. The lowest BCUT2D eigenvalue weighted by molar-refractivity contribution is -0.134. The van der Waals surface area contributed by atoms with Crippen LogP contribution in [-0.4, -0.2) is 32.9 Å². The zero-order chi connectivity index (χ0) is 22.5. The summed E-state index contributed by atoms with van der Waals surface area (Å²) in [5.41, 5.74) is 2.98. The summed E-state index contributed by atoms with van der Waals surface area (Å²) in [4.78, 5) is 29.4. The average Bonchev–Trinajstić information content (AvgIpc) is 3.36. The molecule has 6 heteroatoms. The molecule has 2 amide bonds. The lowest BCUT2D eigenvalue weighted by atomic mass is 9.85. The number of hydrogen-bond acceptors (Lipinski definition) is 3. The van der Waals surface area contributed by atoms with Crippen molar-refractivity contribution in [2.24, 2.45) is 5.92 Å². The summed E-state index contributed by atoms with van der Waals surface area (Å²) in [5.74, 6) is 0.348. The van der Waals surface area contributed by atoms with E-state index in [1.165, 1.54) is 12.0 Å². The van der Waals surface area contributed by atoms with Gasteiger partial charge in [0.15, 0.2) is 0 Å². The number of aromatic nitrogens is 1. The molecule has 2 aromatic heterocycles. The molecular weight excluding hydrogens is 418 g/mol. The van der Waals surface area contributed by atoms with E-state index in [9.17, 15) is 9.59 Å². The average molecular weight is 450 g/mol. The molecule has 1 N–H and O–H groups in total. The number of aryl methyl sites for hydroxylation is 1. The summed E-state index contributed by atoms with van der Waals surface area (Å²) in [6, 6.07) is 12.4. The maximum absolute atomic E-state index is 13.8. The molecule has 0 radical (unpaired) electrons. The van der Waals surface area contributed by atoms with Crippen LogP contribution in [0.25, 0.3) is 10.2 Å². The van der Waals surface area contributed by atoms with Gasteiger partial charge < -0.3 is 14.8 Å². The van der Waals surface area contributed by atoms with E-state index in [0.29, 0.717) is 24.7 Å². The third-order valence-electron chi connectivity index (χ3n) is 7.43. The van der Waals surface area contributed by atoms with Gasteiger partial charge in [-0.2, -0.15) is 0 Å². The maximum Gasteiger partial charge on any atom is 0.271 e. The van der Waals surface area contributed by atoms with Crippen molar-refractivity contribution in [3.05, 3.63) is 58.6 Å². The van der Waals surface area contributed by atoms with Crippen molar-refractivity contribution in [2.75, 3.05) is 0 Å². The summed E-state index contributed by atoms with van der Waals surface area (Å²) in [6.07, 6.45) is 4.53. The minimum absolute atomic E-state index is 0.0422. The fraction of sp³-hybridized carbons (Fsp3) is 0.462. The number of amides is 2. The Kier molecular flexibility index (Phi) is 5.36. The Hall–Kier alpha value is -2.60. The van der Waals surface area contributed by atoms with Crippen molar-refractivity contribution in [2.45, 2.75) is 71.1 Å². The smallest absolute Gasteiger partial charge is 0.271 e. The Bertz CT molecular complexity index is 1160. The molecule has 2 aliphatic rings. The molecule has 1 fully saturated rings. The molecule has 1 saturated carbocycles. The normalized spacial score (nSPS) is 25.7. The van der Waals surface area contributed by atoms with Crippen LogP contribution in [0.15, 0.2) is 41.8 Å². The van der Waals surface area contributed by atoms with Gasteiger partial charge in [-0.1, -0.05) is 49.6 Å². The Morgan fingerprint density at radius 2 is 1.94 bits per heavy atom. The number of carbonyl (C=O) groups excluding carboxylic acids is 2. The predicted molar refractivity (Wildman–Crippen MR) is 129 cm³/mol. The number of thiophene rings is 1. The van der Waals surface area contributed by atoms with Gasteiger partial charge in [0.25, 0.3) is 5.91 Å². The first-order valence-corrected chi connectivity index (χ1v) is 12.5. The van der Waals surface area contributed by atoms with E-state index in [4.69, 9.17) is 0 Å². The Balaban J connectivity index is 1.52. The standard InChI is InChI=1S/C26H31N3O2S/c1-17-8-10-19(11-9-17)15-29-24(30)22-14-23-21(12-13-32-23)28(22)16-26(29,3)25(31)27-20-7-5-4-6-18(20)2/h8-14,18,20H,4-7,15-16H2,1-3H3,(H,27,31)/t18-,20-,26-/m1/s1. The van der Waals surface area contributed by atoms with Gasteiger partial charge in [-0.05, 0) is 55.7 Å². The molecule has 1 aromatic carbocycles. The van der Waals surface area contributed by atoms with Gasteiger partial charge in [0, 0.05) is 12.6 Å². The van der Waals surface area contributed by atoms with Crippen LogP contribution in [0.3, 0.4) is 0 Å². The zero-order valence-electron chi connectivity index (χ0n) is 19.1. The first kappa shape index (κ1) is 21.3. The van der Waals surface area contributed by atoms with Crippen molar-refractivity contribution in [3.63, 3.8) is 0 Å². The van der Waals surface area contributed by atoms with Crippen LogP contribution in [-0.2, 0) is 17.9 Å². The highest BCUT2D eigenvalue weighted by Gasteiger charge is 2.48. The molecule has 168 valence electrons. The Morgan fingerprint density at radius 3 is 2.69 bits per heavy atom. The highest BCUT2D eigenvalue weighted by atomic mass is 32.1. The molecule has 0 saturated heterocycles. The number of benzene rings is 1. The van der Waals surface area contributed by atoms with E-state index in [2.05, 4.69) is 43.4 Å². The molecule has 32 heavy (non-hydrogen) atoms. The van der Waals surface area contributed by atoms with E-state index in [-0.39, 0.29) is 17.9 Å². The summed E-state index contributed by atoms with van der Waals surface area (Å²) < 4.78 is 3.14. The largest absolute Gasteiger partial charge is 0.351 e. The second-order valence-electron chi connectivity index (χ2n) is 9.78. The fourth-order valence-electron chi connectivity index (χ4n) is 5.25. The molecule has 5 nitrogen and oxygen atoms in total. The Labute approximate surface area is 193 Å². The van der Waals surface area contributed by atoms with Gasteiger partial charge in [-0.3, -0.25) is 9.59 Å². The lowest BCUT2D eigenvalue weighted by Gasteiger charge is -2.45. The van der Waals surface area contributed by atoms with E-state index in [1.807, 2.05) is 29.0 Å². The zero-order valence-corrected chi connectivity index (χ0v) is 19.9.